The number of likely N-dealkylation sites (N-methyl/N-ethyl adjacent to an activating group) is 1. The average Bonchev–Trinajstić information content (AvgIpc) is 3.06. The molecule has 0 spiro atoms. The lowest BCUT2D eigenvalue weighted by Gasteiger charge is -2.36. The summed E-state index contributed by atoms with van der Waals surface area (Å²) in [5.74, 6) is 1.31. The third-order valence-corrected chi connectivity index (χ3v) is 8.77. The van der Waals surface area contributed by atoms with Crippen LogP contribution in [0.1, 0.15) is 31.7 Å². The monoisotopic (exact) mass is 379 g/mol. The maximum atomic E-state index is 11.9. The van der Waals surface area contributed by atoms with Crippen molar-refractivity contribution in [2.75, 3.05) is 30.9 Å². The summed E-state index contributed by atoms with van der Waals surface area (Å²) in [4.78, 5) is 14.8. The van der Waals surface area contributed by atoms with Crippen LogP contribution in [0.4, 0.5) is 5.69 Å². The zero-order chi connectivity index (χ0) is 17.7. The topological polar surface area (TPSA) is 49.8 Å². The van der Waals surface area contributed by atoms with Gasteiger partial charge in [0.2, 0.25) is 5.91 Å². The number of nitrogens with zero attached hydrogens (tertiary/aromatic N) is 1. The number of benzene rings is 1. The fraction of sp³-hybridized carbons (Fsp3) is 0.632. The molecule has 0 saturated carbocycles. The van der Waals surface area contributed by atoms with Gasteiger partial charge < -0.3 is 14.7 Å². The molecule has 4 nitrogen and oxygen atoms in total. The van der Waals surface area contributed by atoms with Gasteiger partial charge >= 0.3 is 0 Å². The first-order valence-corrected chi connectivity index (χ1v) is 10.7. The number of anilines is 1. The van der Waals surface area contributed by atoms with Gasteiger partial charge in [0.25, 0.3) is 0 Å². The molecule has 1 aromatic carbocycles. The second-order valence-corrected chi connectivity index (χ2v) is 10.9. The minimum atomic E-state index is -0.580. The minimum absolute atomic E-state index is 0.0319. The van der Waals surface area contributed by atoms with Crippen molar-refractivity contribution in [3.05, 3.63) is 23.8 Å². The Morgan fingerprint density at radius 3 is 2.88 bits per heavy atom. The van der Waals surface area contributed by atoms with Crippen molar-refractivity contribution in [1.82, 2.24) is 0 Å². The van der Waals surface area contributed by atoms with E-state index in [9.17, 15) is 9.90 Å². The van der Waals surface area contributed by atoms with E-state index >= 15 is 0 Å². The molecule has 1 aromatic rings. The summed E-state index contributed by atoms with van der Waals surface area (Å²) in [6, 6.07) is 6.31. The van der Waals surface area contributed by atoms with Gasteiger partial charge in [0, 0.05) is 43.0 Å². The molecule has 1 amide bonds. The lowest BCUT2D eigenvalue weighted by Crippen LogP contribution is -2.42. The molecule has 3 heterocycles. The molecule has 136 valence electrons. The van der Waals surface area contributed by atoms with Crippen molar-refractivity contribution in [3.8, 4) is 0 Å². The van der Waals surface area contributed by atoms with Gasteiger partial charge in [-0.1, -0.05) is 0 Å². The molecule has 2 atom stereocenters. The molecular weight excluding hydrogens is 354 g/mol. The molecule has 3 aliphatic heterocycles. The van der Waals surface area contributed by atoms with E-state index in [1.807, 2.05) is 30.6 Å². The molecule has 25 heavy (non-hydrogen) atoms. The van der Waals surface area contributed by atoms with Crippen molar-refractivity contribution in [1.29, 1.82) is 0 Å². The van der Waals surface area contributed by atoms with Crippen LogP contribution >= 0.6 is 23.5 Å². The average molecular weight is 380 g/mol. The first kappa shape index (κ1) is 17.7. The van der Waals surface area contributed by atoms with E-state index in [0.717, 1.165) is 49.5 Å². The highest BCUT2D eigenvalue weighted by atomic mass is 32.2. The quantitative estimate of drug-likeness (QED) is 0.873. The Morgan fingerprint density at radius 1 is 1.36 bits per heavy atom. The molecule has 0 aromatic heterocycles. The van der Waals surface area contributed by atoms with Crippen LogP contribution in [0.25, 0.3) is 0 Å². The number of hydrogen-bond acceptors (Lipinski definition) is 5. The van der Waals surface area contributed by atoms with E-state index in [0.29, 0.717) is 12.3 Å². The summed E-state index contributed by atoms with van der Waals surface area (Å²) in [6.45, 7) is 3.78. The summed E-state index contributed by atoms with van der Waals surface area (Å²) < 4.78 is 5.43. The fourth-order valence-corrected chi connectivity index (χ4v) is 7.36. The van der Waals surface area contributed by atoms with E-state index in [-0.39, 0.29) is 9.99 Å². The highest BCUT2D eigenvalue weighted by Crippen LogP contribution is 2.56. The number of amides is 1. The van der Waals surface area contributed by atoms with Gasteiger partial charge in [-0.2, -0.15) is 0 Å². The summed E-state index contributed by atoms with van der Waals surface area (Å²) in [5.41, 5.74) is 1.56. The third kappa shape index (κ3) is 3.34. The maximum absolute atomic E-state index is 11.9. The van der Waals surface area contributed by atoms with Crippen LogP contribution in [0.5, 0.6) is 0 Å². The van der Waals surface area contributed by atoms with Crippen LogP contribution in [0, 0.1) is 5.92 Å². The number of hydrogen-bond donors (Lipinski definition) is 1. The van der Waals surface area contributed by atoms with Gasteiger partial charge in [-0.3, -0.25) is 4.79 Å². The predicted molar refractivity (Wildman–Crippen MR) is 103 cm³/mol. The summed E-state index contributed by atoms with van der Waals surface area (Å²) >= 11 is 3.70. The molecular formula is C19H25NO3S2. The number of aliphatic hydroxyl groups is 1. The van der Waals surface area contributed by atoms with Crippen molar-refractivity contribution in [2.45, 2.75) is 47.2 Å². The molecule has 2 fully saturated rings. The van der Waals surface area contributed by atoms with E-state index in [4.69, 9.17) is 4.74 Å². The van der Waals surface area contributed by atoms with Crippen LogP contribution in [0.15, 0.2) is 23.1 Å². The molecule has 0 bridgehead atoms. The summed E-state index contributed by atoms with van der Waals surface area (Å²) in [6.07, 6.45) is 3.22. The maximum Gasteiger partial charge on any atom is 0.231 e. The Morgan fingerprint density at radius 2 is 2.12 bits per heavy atom. The smallest absolute Gasteiger partial charge is 0.231 e. The normalized spacial score (nSPS) is 33.1. The Hall–Kier alpha value is -0.690. The number of carbonyl (C=O) groups excluding carboxylic acids is 1. The van der Waals surface area contributed by atoms with Crippen LogP contribution in [0.3, 0.4) is 0 Å². The molecule has 2 saturated heterocycles. The minimum Gasteiger partial charge on any atom is -0.389 e. The highest BCUT2D eigenvalue weighted by Gasteiger charge is 2.50. The Balaban J connectivity index is 1.48. The number of thioether (sulfide) groups is 2. The van der Waals surface area contributed by atoms with Gasteiger partial charge in [-0.25, -0.2) is 0 Å². The fourth-order valence-electron chi connectivity index (χ4n) is 4.26. The van der Waals surface area contributed by atoms with Crippen molar-refractivity contribution < 1.29 is 14.6 Å². The zero-order valence-electron chi connectivity index (χ0n) is 14.8. The van der Waals surface area contributed by atoms with Crippen LogP contribution in [0.2, 0.25) is 0 Å². The Labute approximate surface area is 157 Å². The SMILES string of the molecule is CN1C(=O)Cc2cc(SC3(C)CC(O)(C4CCOCC4)CS3)ccc21. The molecule has 0 radical (unpaired) electrons. The van der Waals surface area contributed by atoms with Gasteiger partial charge in [-0.05, 0) is 49.4 Å². The van der Waals surface area contributed by atoms with E-state index < -0.39 is 5.60 Å². The van der Waals surface area contributed by atoms with E-state index in [1.165, 1.54) is 4.90 Å². The predicted octanol–water partition coefficient (Wildman–Crippen LogP) is 3.31. The molecule has 4 rings (SSSR count). The second kappa shape index (κ2) is 6.48. The number of carbonyl (C=O) groups is 1. The molecule has 3 aliphatic rings. The third-order valence-electron chi connectivity index (χ3n) is 5.70. The first-order valence-electron chi connectivity index (χ1n) is 8.91. The van der Waals surface area contributed by atoms with Gasteiger partial charge in [0.15, 0.2) is 0 Å². The zero-order valence-corrected chi connectivity index (χ0v) is 16.4. The Kier molecular flexibility index (Phi) is 4.59. The molecule has 6 heteroatoms. The van der Waals surface area contributed by atoms with Gasteiger partial charge in [0.05, 0.1) is 16.1 Å². The number of ether oxygens (including phenoxy) is 1. The van der Waals surface area contributed by atoms with Gasteiger partial charge in [0.1, 0.15) is 0 Å². The first-order chi connectivity index (χ1) is 11.9. The standard InChI is InChI=1S/C19H25NO3S2/c1-18(11-19(22,12-24-18)14-5-7-23-8-6-14)25-15-3-4-16-13(9-15)10-17(21)20(16)2/h3-4,9,14,22H,5-8,10-12H2,1-2H3. The van der Waals surface area contributed by atoms with E-state index in [2.05, 4.69) is 25.1 Å². The van der Waals surface area contributed by atoms with Crippen molar-refractivity contribution in [3.63, 3.8) is 0 Å². The highest BCUT2D eigenvalue weighted by molar-refractivity contribution is 8.18. The van der Waals surface area contributed by atoms with Crippen LogP contribution < -0.4 is 4.90 Å². The number of rotatable bonds is 3. The second-order valence-electron chi connectivity index (χ2n) is 7.61. The van der Waals surface area contributed by atoms with E-state index in [1.54, 1.807) is 4.90 Å². The van der Waals surface area contributed by atoms with Crippen LogP contribution in [-0.4, -0.2) is 46.7 Å². The molecule has 0 aliphatic carbocycles. The lowest BCUT2D eigenvalue weighted by molar-refractivity contribution is -0.117. The van der Waals surface area contributed by atoms with Crippen molar-refractivity contribution >= 4 is 35.1 Å². The summed E-state index contributed by atoms with van der Waals surface area (Å²) in [7, 11) is 1.84. The van der Waals surface area contributed by atoms with Crippen LogP contribution in [-0.2, 0) is 16.0 Å². The molecule has 1 N–H and O–H groups in total. The number of fused-ring (bicyclic) bond motifs is 1. The van der Waals surface area contributed by atoms with Crippen molar-refractivity contribution in [2.24, 2.45) is 5.92 Å². The molecule has 2 unspecified atom stereocenters. The summed E-state index contributed by atoms with van der Waals surface area (Å²) in [5, 5.41) is 11.2. The van der Waals surface area contributed by atoms with Gasteiger partial charge in [-0.15, -0.1) is 23.5 Å². The Bertz CT molecular complexity index is 691. The lowest BCUT2D eigenvalue weighted by atomic mass is 9.80. The largest absolute Gasteiger partial charge is 0.389 e.